The molecule has 2 aliphatic carbocycles. The van der Waals surface area contributed by atoms with Crippen molar-refractivity contribution in [2.45, 2.75) is 50.2 Å². The maximum atomic E-state index is 5.74. The summed E-state index contributed by atoms with van der Waals surface area (Å²) in [6.07, 6.45) is 9.25. The minimum atomic E-state index is 0.457. The van der Waals surface area contributed by atoms with Crippen molar-refractivity contribution in [3.8, 4) is 0 Å². The molecule has 0 N–H and O–H groups in total. The molecule has 3 atom stereocenters. The maximum absolute atomic E-state index is 5.74. The lowest BCUT2D eigenvalue weighted by molar-refractivity contribution is 0.141. The van der Waals surface area contributed by atoms with Crippen LogP contribution in [-0.2, 0) is 4.74 Å². The zero-order valence-corrected chi connectivity index (χ0v) is 6.31. The summed E-state index contributed by atoms with van der Waals surface area (Å²) in [5, 5.41) is 0. The molecule has 1 heterocycles. The lowest BCUT2D eigenvalue weighted by Crippen LogP contribution is -2.25. The third-order valence-corrected chi connectivity index (χ3v) is 3.69. The lowest BCUT2D eigenvalue weighted by atomic mass is 9.81. The largest absolute Gasteiger partial charge is 0.366 e. The molecule has 0 unspecified atom stereocenters. The molecule has 0 amide bonds. The minimum Gasteiger partial charge on any atom is -0.366 e. The van der Waals surface area contributed by atoms with E-state index in [4.69, 9.17) is 4.74 Å². The molecule has 1 heteroatoms. The maximum Gasteiger partial charge on any atom is 0.0976 e. The topological polar surface area (TPSA) is 12.5 Å². The Bertz CT molecular complexity index is 166. The molecule has 2 saturated carbocycles. The molecule has 0 aromatic carbocycles. The quantitative estimate of drug-likeness (QED) is 0.467. The number of rotatable bonds is 0. The third kappa shape index (κ3) is 0.493. The molecule has 3 rings (SSSR count). The van der Waals surface area contributed by atoms with Gasteiger partial charge in [0.2, 0.25) is 0 Å². The van der Waals surface area contributed by atoms with Crippen molar-refractivity contribution in [2.75, 3.05) is 0 Å². The molecule has 1 saturated heterocycles. The monoisotopic (exact) mass is 138 g/mol. The Hall–Kier alpha value is -0.0400. The molecule has 0 aromatic rings. The lowest BCUT2D eigenvalue weighted by Gasteiger charge is -2.25. The van der Waals surface area contributed by atoms with Gasteiger partial charge in [-0.1, -0.05) is 12.8 Å². The van der Waals surface area contributed by atoms with Crippen LogP contribution in [0.2, 0.25) is 0 Å². The highest BCUT2D eigenvalue weighted by Gasteiger charge is 2.64. The highest BCUT2D eigenvalue weighted by Crippen LogP contribution is 2.59. The fourth-order valence-electron chi connectivity index (χ4n) is 3.09. The second-order valence-electron chi connectivity index (χ2n) is 4.08. The van der Waals surface area contributed by atoms with Crippen LogP contribution in [0, 0.1) is 5.92 Å². The fraction of sp³-hybridized carbons (Fsp3) is 1.00. The highest BCUT2D eigenvalue weighted by atomic mass is 16.6. The van der Waals surface area contributed by atoms with E-state index >= 15 is 0 Å². The number of hydrogen-bond donors (Lipinski definition) is 0. The van der Waals surface area contributed by atoms with E-state index in [9.17, 15) is 0 Å². The summed E-state index contributed by atoms with van der Waals surface area (Å²) >= 11 is 0. The van der Waals surface area contributed by atoms with Crippen molar-refractivity contribution in [1.29, 1.82) is 0 Å². The van der Waals surface area contributed by atoms with Crippen molar-refractivity contribution < 1.29 is 4.74 Å². The first-order chi connectivity index (χ1) is 4.92. The van der Waals surface area contributed by atoms with E-state index < -0.39 is 0 Å². The smallest absolute Gasteiger partial charge is 0.0976 e. The first-order valence-electron chi connectivity index (χ1n) is 4.60. The van der Waals surface area contributed by atoms with Gasteiger partial charge in [-0.25, -0.2) is 0 Å². The van der Waals surface area contributed by atoms with Crippen molar-refractivity contribution >= 4 is 0 Å². The molecule has 0 radical (unpaired) electrons. The van der Waals surface area contributed by atoms with E-state index in [1.165, 1.54) is 38.5 Å². The summed E-state index contributed by atoms with van der Waals surface area (Å²) < 4.78 is 5.74. The van der Waals surface area contributed by atoms with Crippen LogP contribution in [0.1, 0.15) is 38.5 Å². The van der Waals surface area contributed by atoms with Gasteiger partial charge in [0, 0.05) is 0 Å². The predicted molar refractivity (Wildman–Crippen MR) is 38.8 cm³/mol. The zero-order valence-electron chi connectivity index (χ0n) is 6.31. The Morgan fingerprint density at radius 2 is 2.10 bits per heavy atom. The van der Waals surface area contributed by atoms with Gasteiger partial charge in [-0.3, -0.25) is 0 Å². The van der Waals surface area contributed by atoms with Gasteiger partial charge in [0.25, 0.3) is 0 Å². The van der Waals surface area contributed by atoms with Crippen LogP contribution in [-0.4, -0.2) is 11.7 Å². The van der Waals surface area contributed by atoms with Crippen LogP contribution in [0.25, 0.3) is 0 Å². The normalized spacial score (nSPS) is 57.6. The van der Waals surface area contributed by atoms with Crippen molar-refractivity contribution in [2.24, 2.45) is 5.92 Å². The van der Waals surface area contributed by atoms with Crippen molar-refractivity contribution in [3.63, 3.8) is 0 Å². The Labute approximate surface area is 61.8 Å². The molecule has 1 aliphatic heterocycles. The Morgan fingerprint density at radius 3 is 2.90 bits per heavy atom. The average Bonchev–Trinajstić information content (AvgIpc) is 2.55. The minimum absolute atomic E-state index is 0.457. The van der Waals surface area contributed by atoms with Crippen LogP contribution >= 0.6 is 0 Å². The molecule has 1 nitrogen and oxygen atoms in total. The Balaban J connectivity index is 1.89. The van der Waals surface area contributed by atoms with Crippen LogP contribution in [0.3, 0.4) is 0 Å². The molecule has 0 aromatic heterocycles. The summed E-state index contributed by atoms with van der Waals surface area (Å²) in [6, 6.07) is 0. The molecule has 10 heavy (non-hydrogen) atoms. The van der Waals surface area contributed by atoms with Crippen LogP contribution in [0.15, 0.2) is 0 Å². The van der Waals surface area contributed by atoms with Gasteiger partial charge in [-0.15, -0.1) is 0 Å². The van der Waals surface area contributed by atoms with Gasteiger partial charge >= 0.3 is 0 Å². The van der Waals surface area contributed by atoms with Gasteiger partial charge < -0.3 is 4.74 Å². The Morgan fingerprint density at radius 1 is 1.10 bits per heavy atom. The molecule has 56 valence electrons. The van der Waals surface area contributed by atoms with E-state index in [2.05, 4.69) is 0 Å². The van der Waals surface area contributed by atoms with Crippen LogP contribution < -0.4 is 0 Å². The molecular formula is C9H14O. The Kier molecular flexibility index (Phi) is 0.883. The van der Waals surface area contributed by atoms with E-state index in [0.29, 0.717) is 11.7 Å². The SMILES string of the molecule is C1CC[C@]23O[C@H]2CC[C@@H]3C1. The van der Waals surface area contributed by atoms with Crippen LogP contribution in [0.5, 0.6) is 0 Å². The standard InChI is InChI=1S/C9H14O/c1-2-6-9-7(3-1)4-5-8(9)10-9/h7-8H,1-6H2/t7-,8-,9+/m0/s1. The van der Waals surface area contributed by atoms with Gasteiger partial charge in [-0.2, -0.15) is 0 Å². The number of ether oxygens (including phenoxy) is 1. The molecule has 3 fully saturated rings. The summed E-state index contributed by atoms with van der Waals surface area (Å²) in [6.45, 7) is 0. The summed E-state index contributed by atoms with van der Waals surface area (Å²) in [4.78, 5) is 0. The zero-order chi connectivity index (χ0) is 6.60. The van der Waals surface area contributed by atoms with E-state index in [-0.39, 0.29) is 0 Å². The third-order valence-electron chi connectivity index (χ3n) is 3.69. The summed E-state index contributed by atoms with van der Waals surface area (Å²) in [5.74, 6) is 0.964. The first-order valence-corrected chi connectivity index (χ1v) is 4.60. The van der Waals surface area contributed by atoms with E-state index in [0.717, 1.165) is 5.92 Å². The van der Waals surface area contributed by atoms with Crippen molar-refractivity contribution in [1.82, 2.24) is 0 Å². The summed E-state index contributed by atoms with van der Waals surface area (Å²) in [7, 11) is 0. The molecule has 1 spiro atoms. The second-order valence-corrected chi connectivity index (χ2v) is 4.08. The number of hydrogen-bond acceptors (Lipinski definition) is 1. The van der Waals surface area contributed by atoms with Gasteiger partial charge in [0.1, 0.15) is 0 Å². The highest BCUT2D eigenvalue weighted by molar-refractivity contribution is 5.13. The average molecular weight is 138 g/mol. The molecule has 0 bridgehead atoms. The second kappa shape index (κ2) is 1.58. The molecular weight excluding hydrogens is 124 g/mol. The van der Waals surface area contributed by atoms with Gasteiger partial charge in [0.15, 0.2) is 0 Å². The van der Waals surface area contributed by atoms with Crippen LogP contribution in [0.4, 0.5) is 0 Å². The predicted octanol–water partition coefficient (Wildman–Crippen LogP) is 2.11. The number of epoxide rings is 1. The molecule has 3 aliphatic rings. The fourth-order valence-corrected chi connectivity index (χ4v) is 3.09. The van der Waals surface area contributed by atoms with E-state index in [1.807, 2.05) is 0 Å². The van der Waals surface area contributed by atoms with Crippen molar-refractivity contribution in [3.05, 3.63) is 0 Å². The van der Waals surface area contributed by atoms with Gasteiger partial charge in [-0.05, 0) is 31.6 Å². The summed E-state index contributed by atoms with van der Waals surface area (Å²) in [5.41, 5.74) is 0.457. The first kappa shape index (κ1) is 5.59. The van der Waals surface area contributed by atoms with E-state index in [1.54, 1.807) is 0 Å². The van der Waals surface area contributed by atoms with Gasteiger partial charge in [0.05, 0.1) is 11.7 Å².